The minimum atomic E-state index is -5.08. The number of amides is 1. The van der Waals surface area contributed by atoms with Crippen molar-refractivity contribution in [1.29, 1.82) is 0 Å². The molecule has 8 nitrogen and oxygen atoms in total. The number of fused-ring (bicyclic) bond motifs is 1. The van der Waals surface area contributed by atoms with Crippen molar-refractivity contribution in [2.24, 2.45) is 0 Å². The number of aromatic nitrogens is 3. The topological polar surface area (TPSA) is 128 Å². The van der Waals surface area contributed by atoms with Gasteiger partial charge in [-0.05, 0) is 24.0 Å². The van der Waals surface area contributed by atoms with Gasteiger partial charge in [-0.15, -0.1) is 0 Å². The summed E-state index contributed by atoms with van der Waals surface area (Å²) in [6.45, 7) is 1.83. The van der Waals surface area contributed by atoms with Crippen LogP contribution in [0.3, 0.4) is 0 Å². The van der Waals surface area contributed by atoms with Crippen LogP contribution in [0.15, 0.2) is 42.7 Å². The SMILES string of the molecule is CCC(=O)CCCCC[C@H](NC(=O)Cc1c[nH]c2c(F)c(F)c(F)c(F)c12)c1ncc(-c2ccccc2)[nH]1.O=C(O)C(F)(F)F. The van der Waals surface area contributed by atoms with Gasteiger partial charge in [0.1, 0.15) is 11.6 Å². The maximum Gasteiger partial charge on any atom is 0.490 e. The van der Waals surface area contributed by atoms with Gasteiger partial charge in [-0.1, -0.05) is 50.1 Å². The number of imidazole rings is 1. The van der Waals surface area contributed by atoms with Crippen LogP contribution in [0.2, 0.25) is 0 Å². The van der Waals surface area contributed by atoms with Gasteiger partial charge >= 0.3 is 12.1 Å². The number of nitrogens with one attached hydrogen (secondary N) is 3. The average Bonchev–Trinajstić information content (AvgIpc) is 3.66. The molecule has 0 saturated carbocycles. The van der Waals surface area contributed by atoms with E-state index >= 15 is 0 Å². The molecule has 4 aromatic rings. The van der Waals surface area contributed by atoms with E-state index in [1.807, 2.05) is 37.3 Å². The summed E-state index contributed by atoms with van der Waals surface area (Å²) >= 11 is 0. The summed E-state index contributed by atoms with van der Waals surface area (Å²) < 4.78 is 87.7. The molecule has 0 bridgehead atoms. The Kier molecular flexibility index (Phi) is 11.9. The summed E-state index contributed by atoms with van der Waals surface area (Å²) in [7, 11) is 0. The van der Waals surface area contributed by atoms with Gasteiger partial charge in [0.2, 0.25) is 5.91 Å². The van der Waals surface area contributed by atoms with Gasteiger partial charge < -0.3 is 20.4 Å². The fourth-order valence-corrected chi connectivity index (χ4v) is 4.44. The van der Waals surface area contributed by atoms with Crippen LogP contribution in [0.5, 0.6) is 0 Å². The number of aromatic amines is 2. The second-order valence-electron chi connectivity index (χ2n) is 9.96. The van der Waals surface area contributed by atoms with E-state index in [1.54, 1.807) is 6.20 Å². The predicted octanol–water partition coefficient (Wildman–Crippen LogP) is 7.08. The second kappa shape index (κ2) is 15.3. The largest absolute Gasteiger partial charge is 0.490 e. The Morgan fingerprint density at radius 3 is 2.22 bits per heavy atom. The number of carbonyl (C=O) groups is 3. The zero-order valence-corrected chi connectivity index (χ0v) is 23.8. The first kappa shape index (κ1) is 34.8. The summed E-state index contributed by atoms with van der Waals surface area (Å²) in [5.74, 6) is -9.51. The number of carbonyl (C=O) groups excluding carboxylic acids is 2. The lowest BCUT2D eigenvalue weighted by molar-refractivity contribution is -0.192. The van der Waals surface area contributed by atoms with E-state index in [0.29, 0.717) is 31.5 Å². The first-order chi connectivity index (χ1) is 21.2. The van der Waals surface area contributed by atoms with Gasteiger partial charge in [-0.2, -0.15) is 13.2 Å². The Labute approximate surface area is 252 Å². The van der Waals surface area contributed by atoms with Crippen LogP contribution < -0.4 is 5.32 Å². The number of H-pyrrole nitrogens is 2. The quantitative estimate of drug-likeness (QED) is 0.0569. The highest BCUT2D eigenvalue weighted by molar-refractivity contribution is 5.90. The minimum Gasteiger partial charge on any atom is -0.475 e. The smallest absolute Gasteiger partial charge is 0.475 e. The molecule has 4 N–H and O–H groups in total. The van der Waals surface area contributed by atoms with Crippen molar-refractivity contribution < 1.29 is 50.2 Å². The van der Waals surface area contributed by atoms with Gasteiger partial charge in [-0.3, -0.25) is 9.59 Å². The summed E-state index contributed by atoms with van der Waals surface area (Å²) in [5, 5.41) is 9.50. The van der Waals surface area contributed by atoms with E-state index in [-0.39, 0.29) is 11.3 Å². The van der Waals surface area contributed by atoms with Gasteiger partial charge in [0, 0.05) is 24.4 Å². The van der Waals surface area contributed by atoms with Crippen LogP contribution in [0.1, 0.15) is 62.9 Å². The van der Waals surface area contributed by atoms with Crippen molar-refractivity contribution in [3.8, 4) is 11.3 Å². The monoisotopic (exact) mass is 642 g/mol. The highest BCUT2D eigenvalue weighted by Crippen LogP contribution is 2.30. The van der Waals surface area contributed by atoms with E-state index in [4.69, 9.17) is 9.90 Å². The maximum absolute atomic E-state index is 14.4. The molecule has 1 atom stereocenters. The zero-order chi connectivity index (χ0) is 33.3. The third-order valence-corrected chi connectivity index (χ3v) is 6.76. The predicted molar refractivity (Wildman–Crippen MR) is 149 cm³/mol. The molecule has 242 valence electrons. The first-order valence-electron chi connectivity index (χ1n) is 13.8. The number of rotatable bonds is 12. The van der Waals surface area contributed by atoms with Gasteiger partial charge in [-0.25, -0.2) is 27.3 Å². The number of unbranched alkanes of at least 4 members (excludes halogenated alkanes) is 2. The molecule has 1 amide bonds. The van der Waals surface area contributed by atoms with Crippen molar-refractivity contribution >= 4 is 28.6 Å². The van der Waals surface area contributed by atoms with Crippen molar-refractivity contribution in [3.63, 3.8) is 0 Å². The van der Waals surface area contributed by atoms with Gasteiger partial charge in [0.15, 0.2) is 23.3 Å². The van der Waals surface area contributed by atoms with Gasteiger partial charge in [0.25, 0.3) is 0 Å². The average molecular weight is 643 g/mol. The molecule has 0 saturated heterocycles. The lowest BCUT2D eigenvalue weighted by atomic mass is 10.0. The molecule has 2 aromatic carbocycles. The summed E-state index contributed by atoms with van der Waals surface area (Å²) in [6, 6.07) is 9.00. The van der Waals surface area contributed by atoms with Crippen LogP contribution in [-0.4, -0.2) is 43.9 Å². The molecule has 0 aliphatic heterocycles. The Morgan fingerprint density at radius 1 is 0.956 bits per heavy atom. The lowest BCUT2D eigenvalue weighted by Crippen LogP contribution is -2.30. The summed E-state index contributed by atoms with van der Waals surface area (Å²) in [6.07, 6.45) is 1.11. The fraction of sp³-hybridized carbons (Fsp3) is 0.333. The molecule has 0 spiro atoms. The van der Waals surface area contributed by atoms with Crippen LogP contribution in [-0.2, 0) is 20.8 Å². The Hall–Kier alpha value is -4.69. The molecule has 0 fully saturated rings. The van der Waals surface area contributed by atoms with E-state index in [9.17, 15) is 40.3 Å². The van der Waals surface area contributed by atoms with E-state index in [0.717, 1.165) is 30.3 Å². The first-order valence-corrected chi connectivity index (χ1v) is 13.8. The number of alkyl halides is 3. The molecule has 15 heteroatoms. The number of benzene rings is 2. The molecule has 45 heavy (non-hydrogen) atoms. The molecule has 0 radical (unpaired) electrons. The van der Waals surface area contributed by atoms with Crippen LogP contribution in [0.25, 0.3) is 22.2 Å². The number of halogens is 7. The highest BCUT2D eigenvalue weighted by atomic mass is 19.4. The molecule has 0 unspecified atom stereocenters. The molecule has 0 aliphatic rings. The molecule has 2 heterocycles. The van der Waals surface area contributed by atoms with Crippen LogP contribution >= 0.6 is 0 Å². The van der Waals surface area contributed by atoms with Crippen molar-refractivity contribution in [2.75, 3.05) is 0 Å². The van der Waals surface area contributed by atoms with Crippen molar-refractivity contribution in [1.82, 2.24) is 20.3 Å². The van der Waals surface area contributed by atoms with Crippen LogP contribution in [0, 0.1) is 23.3 Å². The number of hydrogen-bond acceptors (Lipinski definition) is 4. The molecule has 4 rings (SSSR count). The number of hydrogen-bond donors (Lipinski definition) is 4. The molecular weight excluding hydrogens is 613 g/mol. The van der Waals surface area contributed by atoms with E-state index < -0.39 is 64.7 Å². The Morgan fingerprint density at radius 2 is 1.60 bits per heavy atom. The number of ketones is 1. The lowest BCUT2D eigenvalue weighted by Gasteiger charge is -2.17. The molecule has 0 aliphatic carbocycles. The normalized spacial score (nSPS) is 12.0. The number of nitrogens with zero attached hydrogens (tertiary/aromatic N) is 1. The van der Waals surface area contributed by atoms with Crippen LogP contribution in [0.4, 0.5) is 30.7 Å². The Balaban J connectivity index is 0.000000707. The number of carboxylic acids is 1. The zero-order valence-electron chi connectivity index (χ0n) is 23.8. The standard InChI is InChI=1S/C28H28F4N4O2.C2HF3O2/c1-2-18(37)11-7-4-8-12-19(28-34-15-20(36-28)16-9-5-3-6-10-16)35-21(38)13-17-14-33-27-22(17)23(29)24(30)25(31)26(27)32;3-2(4,5)1(6)7/h3,5-6,9-10,14-15,19,33H,2,4,7-8,11-13H2,1H3,(H,34,36)(H,35,38);(H,6,7)/t19-;/m0./s1. The van der Waals surface area contributed by atoms with Crippen molar-refractivity contribution in [3.05, 3.63) is 77.4 Å². The fourth-order valence-electron chi connectivity index (χ4n) is 4.44. The highest BCUT2D eigenvalue weighted by Gasteiger charge is 2.38. The van der Waals surface area contributed by atoms with E-state index in [2.05, 4.69) is 20.3 Å². The number of aliphatic carboxylic acids is 1. The maximum atomic E-state index is 14.4. The summed E-state index contributed by atoms with van der Waals surface area (Å²) in [5.41, 5.74) is 1.13. The second-order valence-corrected chi connectivity index (χ2v) is 9.96. The summed E-state index contributed by atoms with van der Waals surface area (Å²) in [4.78, 5) is 43.5. The Bertz CT molecular complexity index is 1630. The third-order valence-electron chi connectivity index (χ3n) is 6.76. The third kappa shape index (κ3) is 9.16. The van der Waals surface area contributed by atoms with Crippen molar-refractivity contribution in [2.45, 2.75) is 64.1 Å². The number of carboxylic acid groups (broad SMARTS) is 1. The van der Waals surface area contributed by atoms with Gasteiger partial charge in [0.05, 0.1) is 29.9 Å². The van der Waals surface area contributed by atoms with E-state index in [1.165, 1.54) is 0 Å². The molecular formula is C30H29F7N4O4. The minimum absolute atomic E-state index is 0.00551. The molecule has 2 aromatic heterocycles. The number of Topliss-reactive ketones (excluding diaryl/α,β-unsaturated/α-hetero) is 1.